The zero-order chi connectivity index (χ0) is 20.9. The van der Waals surface area contributed by atoms with Crippen LogP contribution >= 0.6 is 0 Å². The zero-order valence-corrected chi connectivity index (χ0v) is 17.0. The average Bonchev–Trinajstić information content (AvgIpc) is 2.61. The smallest absolute Gasteiger partial charge is 0.405 e. The van der Waals surface area contributed by atoms with Crippen LogP contribution in [0.25, 0.3) is 0 Å². The molecule has 2 amide bonds. The van der Waals surface area contributed by atoms with Crippen LogP contribution in [0.3, 0.4) is 0 Å². The van der Waals surface area contributed by atoms with Crippen molar-refractivity contribution in [2.24, 2.45) is 22.8 Å². The second-order valence-electron chi connectivity index (χ2n) is 8.12. The first-order chi connectivity index (χ1) is 13.1. The van der Waals surface area contributed by atoms with Gasteiger partial charge in [-0.3, -0.25) is 4.79 Å². The van der Waals surface area contributed by atoms with Crippen molar-refractivity contribution in [2.75, 3.05) is 0 Å². The van der Waals surface area contributed by atoms with E-state index in [0.29, 0.717) is 6.42 Å². The third-order valence-electron chi connectivity index (χ3n) is 5.36. The zero-order valence-electron chi connectivity index (χ0n) is 17.0. The molecule has 1 unspecified atom stereocenters. The van der Waals surface area contributed by atoms with Crippen LogP contribution in [0.5, 0.6) is 0 Å². The van der Waals surface area contributed by atoms with Gasteiger partial charge in [-0.25, -0.2) is 4.79 Å². The molecule has 4 N–H and O–H groups in total. The van der Waals surface area contributed by atoms with Crippen molar-refractivity contribution < 1.29 is 14.3 Å². The number of carbonyl (C=O) groups is 2. The molecule has 0 bridgehead atoms. The number of hydrogen-bond donors (Lipinski definition) is 2. The van der Waals surface area contributed by atoms with Crippen LogP contribution in [0.1, 0.15) is 51.2 Å². The molecule has 0 aliphatic rings. The standard InChI is InChI=1S/C23H30N2O3/c1-16(2)15-23(20(24)26,22(3,4)28-21(25)27)19(17-11-7-5-8-12-17)18-13-9-6-10-14-18/h5-14,16,19H,15H2,1-4H3,(H2,24,26)(H2,25,27). The van der Waals surface area contributed by atoms with E-state index in [2.05, 4.69) is 0 Å². The largest absolute Gasteiger partial charge is 0.443 e. The number of amides is 2. The molecule has 0 aliphatic carbocycles. The first-order valence-electron chi connectivity index (χ1n) is 9.50. The van der Waals surface area contributed by atoms with Gasteiger partial charge in [0.15, 0.2) is 0 Å². The Kier molecular flexibility index (Phi) is 6.49. The number of nitrogens with two attached hydrogens (primary N) is 2. The summed E-state index contributed by atoms with van der Waals surface area (Å²) in [5.74, 6) is -0.813. The molecule has 0 heterocycles. The van der Waals surface area contributed by atoms with Crippen LogP contribution in [0.2, 0.25) is 0 Å². The van der Waals surface area contributed by atoms with Crippen molar-refractivity contribution in [3.63, 3.8) is 0 Å². The minimum absolute atomic E-state index is 0.123. The summed E-state index contributed by atoms with van der Waals surface area (Å²) in [5.41, 5.74) is 10.9. The molecule has 0 radical (unpaired) electrons. The van der Waals surface area contributed by atoms with Gasteiger partial charge in [-0.1, -0.05) is 74.5 Å². The van der Waals surface area contributed by atoms with Gasteiger partial charge in [0.05, 0.1) is 5.41 Å². The summed E-state index contributed by atoms with van der Waals surface area (Å²) in [5, 5.41) is 0. The first-order valence-corrected chi connectivity index (χ1v) is 9.50. The first kappa shape index (κ1) is 21.5. The maximum Gasteiger partial charge on any atom is 0.405 e. The number of benzene rings is 2. The van der Waals surface area contributed by atoms with Gasteiger partial charge in [-0.05, 0) is 37.3 Å². The van der Waals surface area contributed by atoms with E-state index in [4.69, 9.17) is 16.2 Å². The molecule has 0 fully saturated rings. The minimum Gasteiger partial charge on any atom is -0.443 e. The Hall–Kier alpha value is -2.82. The monoisotopic (exact) mass is 382 g/mol. The summed E-state index contributed by atoms with van der Waals surface area (Å²) in [6.45, 7) is 7.46. The lowest BCUT2D eigenvalue weighted by molar-refractivity contribution is -0.148. The molecular formula is C23H30N2O3. The normalized spacial score (nSPS) is 13.9. The third-order valence-corrected chi connectivity index (χ3v) is 5.36. The number of rotatable bonds is 8. The van der Waals surface area contributed by atoms with Crippen molar-refractivity contribution in [3.8, 4) is 0 Å². The predicted molar refractivity (Wildman–Crippen MR) is 111 cm³/mol. The highest BCUT2D eigenvalue weighted by atomic mass is 16.6. The lowest BCUT2D eigenvalue weighted by Gasteiger charge is -2.49. The van der Waals surface area contributed by atoms with Crippen molar-refractivity contribution in [1.29, 1.82) is 0 Å². The van der Waals surface area contributed by atoms with Gasteiger partial charge >= 0.3 is 6.09 Å². The molecule has 150 valence electrons. The molecule has 0 saturated heterocycles. The molecule has 0 spiro atoms. The summed E-state index contributed by atoms with van der Waals surface area (Å²) in [7, 11) is 0. The highest BCUT2D eigenvalue weighted by Gasteiger charge is 2.58. The highest BCUT2D eigenvalue weighted by molar-refractivity contribution is 5.85. The Bertz CT molecular complexity index is 764. The molecule has 0 aliphatic heterocycles. The number of carbonyl (C=O) groups excluding carboxylic acids is 2. The third kappa shape index (κ3) is 4.19. The van der Waals surface area contributed by atoms with Crippen LogP contribution < -0.4 is 11.5 Å². The van der Waals surface area contributed by atoms with Gasteiger partial charge in [0.2, 0.25) is 5.91 Å². The highest BCUT2D eigenvalue weighted by Crippen LogP contribution is 2.53. The van der Waals surface area contributed by atoms with E-state index in [1.165, 1.54) is 0 Å². The van der Waals surface area contributed by atoms with E-state index in [-0.39, 0.29) is 5.92 Å². The molecule has 0 aromatic heterocycles. The van der Waals surface area contributed by atoms with Crippen molar-refractivity contribution >= 4 is 12.0 Å². The van der Waals surface area contributed by atoms with Gasteiger partial charge in [0.1, 0.15) is 5.60 Å². The molecule has 2 aromatic rings. The van der Waals surface area contributed by atoms with E-state index in [9.17, 15) is 9.59 Å². The van der Waals surface area contributed by atoms with Gasteiger partial charge in [0.25, 0.3) is 0 Å². The van der Waals surface area contributed by atoms with Gasteiger partial charge < -0.3 is 16.2 Å². The Morgan fingerprint density at radius 2 is 1.32 bits per heavy atom. The summed E-state index contributed by atoms with van der Waals surface area (Å²) < 4.78 is 5.53. The van der Waals surface area contributed by atoms with Crippen molar-refractivity contribution in [1.82, 2.24) is 0 Å². The number of hydrogen-bond acceptors (Lipinski definition) is 3. The number of ether oxygens (including phenoxy) is 1. The lowest BCUT2D eigenvalue weighted by Crippen LogP contribution is -2.59. The van der Waals surface area contributed by atoms with Crippen molar-refractivity contribution in [3.05, 3.63) is 71.8 Å². The average molecular weight is 383 g/mol. The van der Waals surface area contributed by atoms with Gasteiger partial charge in [-0.2, -0.15) is 0 Å². The van der Waals surface area contributed by atoms with Crippen molar-refractivity contribution in [2.45, 2.75) is 45.6 Å². The fourth-order valence-corrected chi connectivity index (χ4v) is 4.29. The van der Waals surface area contributed by atoms with E-state index < -0.39 is 28.9 Å². The Morgan fingerprint density at radius 1 is 0.893 bits per heavy atom. The molecule has 0 saturated carbocycles. The summed E-state index contributed by atoms with van der Waals surface area (Å²) in [4.78, 5) is 24.9. The second kappa shape index (κ2) is 8.46. The second-order valence-corrected chi connectivity index (χ2v) is 8.12. The van der Waals surface area contributed by atoms with Gasteiger partial charge in [-0.15, -0.1) is 0 Å². The quantitative estimate of drug-likeness (QED) is 0.716. The van der Waals surface area contributed by atoms with Crippen LogP contribution in [-0.4, -0.2) is 17.6 Å². The lowest BCUT2D eigenvalue weighted by atomic mass is 9.57. The molecule has 2 aromatic carbocycles. The Balaban J connectivity index is 2.85. The van der Waals surface area contributed by atoms with E-state index in [1.807, 2.05) is 74.5 Å². The maximum atomic E-state index is 13.2. The summed E-state index contributed by atoms with van der Waals surface area (Å²) in [6, 6.07) is 19.4. The molecule has 1 atom stereocenters. The summed E-state index contributed by atoms with van der Waals surface area (Å²) in [6.07, 6.45) is -0.504. The Morgan fingerprint density at radius 3 is 1.64 bits per heavy atom. The SMILES string of the molecule is CC(C)CC(C(N)=O)(C(c1ccccc1)c1ccccc1)C(C)(C)OC(N)=O. The van der Waals surface area contributed by atoms with E-state index in [0.717, 1.165) is 11.1 Å². The van der Waals surface area contributed by atoms with Crippen LogP contribution in [0, 0.1) is 11.3 Å². The molecule has 2 rings (SSSR count). The van der Waals surface area contributed by atoms with E-state index >= 15 is 0 Å². The molecule has 28 heavy (non-hydrogen) atoms. The van der Waals surface area contributed by atoms with Gasteiger partial charge in [0, 0.05) is 5.92 Å². The molecular weight excluding hydrogens is 352 g/mol. The fourth-order valence-electron chi connectivity index (χ4n) is 4.29. The predicted octanol–water partition coefficient (Wildman–Crippen LogP) is 4.21. The Labute approximate surface area is 167 Å². The molecule has 5 nitrogen and oxygen atoms in total. The van der Waals surface area contributed by atoms with Crippen LogP contribution in [0.15, 0.2) is 60.7 Å². The number of primary amides is 2. The summed E-state index contributed by atoms with van der Waals surface area (Å²) >= 11 is 0. The van der Waals surface area contributed by atoms with Crippen LogP contribution in [0.4, 0.5) is 4.79 Å². The molecule has 5 heteroatoms. The topological polar surface area (TPSA) is 95.4 Å². The minimum atomic E-state index is -1.23. The fraction of sp³-hybridized carbons (Fsp3) is 0.391. The van der Waals surface area contributed by atoms with E-state index in [1.54, 1.807) is 13.8 Å². The van der Waals surface area contributed by atoms with Crippen LogP contribution in [-0.2, 0) is 9.53 Å². The maximum absolute atomic E-state index is 13.2.